The van der Waals surface area contributed by atoms with Crippen LogP contribution in [0.15, 0.2) is 48.8 Å². The number of amides is 1. The number of carbonyl (C=O) groups excluding carboxylic acids is 1. The highest BCUT2D eigenvalue weighted by atomic mass is 16.2. The Morgan fingerprint density at radius 3 is 2.20 bits per heavy atom. The lowest BCUT2D eigenvalue weighted by Gasteiger charge is -2.35. The molecule has 1 saturated heterocycles. The largest absolute Gasteiger partial charge is 0.353 e. The maximum absolute atomic E-state index is 12.3. The standard InChI is InChI=1S/C15H16N4O/c20-15(13-5-1-3-7-16-13)19-11-9-18(10-12-19)14-6-2-4-8-17-14/h1-8H,9-12H2. The fourth-order valence-electron chi connectivity index (χ4n) is 2.33. The van der Waals surface area contributed by atoms with E-state index in [2.05, 4.69) is 14.9 Å². The van der Waals surface area contributed by atoms with Gasteiger partial charge >= 0.3 is 0 Å². The molecular weight excluding hydrogens is 252 g/mol. The van der Waals surface area contributed by atoms with Gasteiger partial charge in [-0.15, -0.1) is 0 Å². The summed E-state index contributed by atoms with van der Waals surface area (Å²) in [5.41, 5.74) is 0.513. The van der Waals surface area contributed by atoms with Crippen LogP contribution in [-0.2, 0) is 0 Å². The van der Waals surface area contributed by atoms with Gasteiger partial charge in [-0.05, 0) is 24.3 Å². The summed E-state index contributed by atoms with van der Waals surface area (Å²) < 4.78 is 0. The number of piperazine rings is 1. The second-order valence-corrected chi connectivity index (χ2v) is 4.68. The number of pyridine rings is 2. The third-order valence-electron chi connectivity index (χ3n) is 3.42. The minimum Gasteiger partial charge on any atom is -0.353 e. The van der Waals surface area contributed by atoms with Gasteiger partial charge < -0.3 is 9.80 Å². The smallest absolute Gasteiger partial charge is 0.272 e. The van der Waals surface area contributed by atoms with Gasteiger partial charge in [-0.1, -0.05) is 12.1 Å². The first kappa shape index (κ1) is 12.6. The Balaban J connectivity index is 1.63. The fourth-order valence-corrected chi connectivity index (χ4v) is 2.33. The van der Waals surface area contributed by atoms with Crippen LogP contribution >= 0.6 is 0 Å². The van der Waals surface area contributed by atoms with Crippen LogP contribution < -0.4 is 4.90 Å². The number of aromatic nitrogens is 2. The molecule has 0 unspecified atom stereocenters. The molecule has 0 N–H and O–H groups in total. The summed E-state index contributed by atoms with van der Waals surface area (Å²) >= 11 is 0. The van der Waals surface area contributed by atoms with E-state index in [0.29, 0.717) is 18.8 Å². The van der Waals surface area contributed by atoms with Crippen LogP contribution in [0.25, 0.3) is 0 Å². The zero-order valence-corrected chi connectivity index (χ0v) is 11.1. The van der Waals surface area contributed by atoms with E-state index in [1.54, 1.807) is 18.5 Å². The molecule has 5 nitrogen and oxygen atoms in total. The Bertz CT molecular complexity index is 565. The Morgan fingerprint density at radius 2 is 1.60 bits per heavy atom. The monoisotopic (exact) mass is 268 g/mol. The van der Waals surface area contributed by atoms with Crippen LogP contribution in [0.3, 0.4) is 0 Å². The molecule has 0 atom stereocenters. The SMILES string of the molecule is O=C(c1ccccn1)N1CCN(c2ccccn2)CC1. The maximum atomic E-state index is 12.3. The van der Waals surface area contributed by atoms with Gasteiger partial charge in [-0.2, -0.15) is 0 Å². The molecule has 0 aliphatic carbocycles. The van der Waals surface area contributed by atoms with Crippen LogP contribution in [0.5, 0.6) is 0 Å². The number of rotatable bonds is 2. The first-order valence-corrected chi connectivity index (χ1v) is 6.71. The number of anilines is 1. The Morgan fingerprint density at radius 1 is 0.900 bits per heavy atom. The van der Waals surface area contributed by atoms with Gasteiger partial charge in [0.25, 0.3) is 5.91 Å². The van der Waals surface area contributed by atoms with Gasteiger partial charge in [0.1, 0.15) is 11.5 Å². The van der Waals surface area contributed by atoms with Crippen molar-refractivity contribution in [3.05, 3.63) is 54.5 Å². The first-order chi connectivity index (χ1) is 9.84. The summed E-state index contributed by atoms with van der Waals surface area (Å²) in [6.07, 6.45) is 3.44. The van der Waals surface area contributed by atoms with Crippen molar-refractivity contribution in [2.45, 2.75) is 0 Å². The molecule has 0 saturated carbocycles. The van der Waals surface area contributed by atoms with Crippen LogP contribution in [0.1, 0.15) is 10.5 Å². The predicted octanol–water partition coefficient (Wildman–Crippen LogP) is 1.44. The molecule has 1 aliphatic heterocycles. The highest BCUT2D eigenvalue weighted by Crippen LogP contribution is 2.13. The third kappa shape index (κ3) is 2.61. The van der Waals surface area contributed by atoms with E-state index < -0.39 is 0 Å². The Hall–Kier alpha value is -2.43. The number of hydrogen-bond acceptors (Lipinski definition) is 4. The molecule has 102 valence electrons. The van der Waals surface area contributed by atoms with E-state index in [1.165, 1.54) is 0 Å². The average molecular weight is 268 g/mol. The van der Waals surface area contributed by atoms with Crippen molar-refractivity contribution >= 4 is 11.7 Å². The van der Waals surface area contributed by atoms with Gasteiger partial charge in [0.2, 0.25) is 0 Å². The molecule has 0 radical (unpaired) electrons. The molecule has 0 aromatic carbocycles. The normalized spacial score (nSPS) is 15.2. The molecule has 0 spiro atoms. The van der Waals surface area contributed by atoms with Crippen molar-refractivity contribution in [1.29, 1.82) is 0 Å². The van der Waals surface area contributed by atoms with Crippen LogP contribution in [0.2, 0.25) is 0 Å². The molecule has 1 fully saturated rings. The van der Waals surface area contributed by atoms with Gasteiger partial charge in [-0.3, -0.25) is 9.78 Å². The molecule has 3 rings (SSSR count). The Labute approximate surface area is 117 Å². The zero-order chi connectivity index (χ0) is 13.8. The van der Waals surface area contributed by atoms with Gasteiger partial charge in [0.05, 0.1) is 0 Å². The highest BCUT2D eigenvalue weighted by Gasteiger charge is 2.23. The van der Waals surface area contributed by atoms with E-state index in [4.69, 9.17) is 0 Å². The predicted molar refractivity (Wildman–Crippen MR) is 76.6 cm³/mol. The molecule has 1 amide bonds. The summed E-state index contributed by atoms with van der Waals surface area (Å²) in [5, 5.41) is 0. The number of carbonyl (C=O) groups is 1. The van der Waals surface area contributed by atoms with E-state index in [0.717, 1.165) is 18.9 Å². The fraction of sp³-hybridized carbons (Fsp3) is 0.267. The second-order valence-electron chi connectivity index (χ2n) is 4.68. The average Bonchev–Trinajstić information content (AvgIpc) is 2.56. The van der Waals surface area contributed by atoms with Crippen molar-refractivity contribution in [1.82, 2.24) is 14.9 Å². The maximum Gasteiger partial charge on any atom is 0.272 e. The van der Waals surface area contributed by atoms with E-state index in [9.17, 15) is 4.79 Å². The first-order valence-electron chi connectivity index (χ1n) is 6.71. The van der Waals surface area contributed by atoms with Crippen molar-refractivity contribution in [3.63, 3.8) is 0 Å². The lowest BCUT2D eigenvalue weighted by atomic mass is 10.2. The second kappa shape index (κ2) is 5.69. The molecule has 0 bridgehead atoms. The number of nitrogens with zero attached hydrogens (tertiary/aromatic N) is 4. The molecule has 2 aromatic heterocycles. The molecule has 3 heterocycles. The molecule has 5 heteroatoms. The van der Waals surface area contributed by atoms with Crippen LogP contribution in [-0.4, -0.2) is 47.0 Å². The number of hydrogen-bond donors (Lipinski definition) is 0. The summed E-state index contributed by atoms with van der Waals surface area (Å²) in [6.45, 7) is 3.00. The minimum absolute atomic E-state index is 0.00581. The molecular formula is C15H16N4O. The van der Waals surface area contributed by atoms with Crippen LogP contribution in [0, 0.1) is 0 Å². The summed E-state index contributed by atoms with van der Waals surface area (Å²) in [6, 6.07) is 11.3. The molecule has 1 aliphatic rings. The van der Waals surface area contributed by atoms with Crippen molar-refractivity contribution in [2.24, 2.45) is 0 Å². The summed E-state index contributed by atoms with van der Waals surface area (Å²) in [5.74, 6) is 0.976. The lowest BCUT2D eigenvalue weighted by molar-refractivity contribution is 0.0740. The van der Waals surface area contributed by atoms with Crippen molar-refractivity contribution in [2.75, 3.05) is 31.1 Å². The van der Waals surface area contributed by atoms with E-state index >= 15 is 0 Å². The molecule has 2 aromatic rings. The van der Waals surface area contributed by atoms with E-state index in [-0.39, 0.29) is 5.91 Å². The van der Waals surface area contributed by atoms with Gasteiger partial charge in [0, 0.05) is 38.6 Å². The van der Waals surface area contributed by atoms with Crippen molar-refractivity contribution < 1.29 is 4.79 Å². The minimum atomic E-state index is 0.00581. The zero-order valence-electron chi connectivity index (χ0n) is 11.1. The molecule has 20 heavy (non-hydrogen) atoms. The summed E-state index contributed by atoms with van der Waals surface area (Å²) in [7, 11) is 0. The van der Waals surface area contributed by atoms with Gasteiger partial charge in [0.15, 0.2) is 0 Å². The van der Waals surface area contributed by atoms with E-state index in [1.807, 2.05) is 35.2 Å². The highest BCUT2D eigenvalue weighted by molar-refractivity contribution is 5.92. The Kier molecular flexibility index (Phi) is 3.58. The third-order valence-corrected chi connectivity index (χ3v) is 3.42. The summed E-state index contributed by atoms with van der Waals surface area (Å²) in [4.78, 5) is 24.8. The van der Waals surface area contributed by atoms with Crippen molar-refractivity contribution in [3.8, 4) is 0 Å². The lowest BCUT2D eigenvalue weighted by Crippen LogP contribution is -2.49. The quantitative estimate of drug-likeness (QED) is 0.827. The topological polar surface area (TPSA) is 49.3 Å². The van der Waals surface area contributed by atoms with Gasteiger partial charge in [-0.25, -0.2) is 4.98 Å². The van der Waals surface area contributed by atoms with Crippen LogP contribution in [0.4, 0.5) is 5.82 Å².